The fourth-order valence-electron chi connectivity index (χ4n) is 2.55. The van der Waals surface area contributed by atoms with E-state index in [9.17, 15) is 9.59 Å². The van der Waals surface area contributed by atoms with Gasteiger partial charge in [0.25, 0.3) is 0 Å². The van der Waals surface area contributed by atoms with E-state index in [-0.39, 0.29) is 11.6 Å². The third-order valence-corrected chi connectivity index (χ3v) is 3.61. The van der Waals surface area contributed by atoms with Gasteiger partial charge in [0.15, 0.2) is 0 Å². The van der Waals surface area contributed by atoms with Crippen molar-refractivity contribution < 1.29 is 14.7 Å². The second-order valence-corrected chi connectivity index (χ2v) is 5.21. The lowest BCUT2D eigenvalue weighted by Crippen LogP contribution is -2.34. The monoisotopic (exact) mass is 277 g/mol. The standard InChI is InChI=1S/C14H19N3O3/c15-13(18)8-10-4-6-17(7-5-10)9-11-2-1-3-12(16-11)14(19)20/h1-3,10H,4-9H2,(H2,15,18)(H,19,20). The summed E-state index contributed by atoms with van der Waals surface area (Å²) in [5.41, 5.74) is 6.05. The molecule has 6 heteroatoms. The fourth-order valence-corrected chi connectivity index (χ4v) is 2.55. The summed E-state index contributed by atoms with van der Waals surface area (Å²) in [7, 11) is 0. The zero-order valence-electron chi connectivity index (χ0n) is 11.3. The van der Waals surface area contributed by atoms with Crippen molar-refractivity contribution in [2.45, 2.75) is 25.8 Å². The van der Waals surface area contributed by atoms with E-state index in [0.29, 0.717) is 18.9 Å². The summed E-state index contributed by atoms with van der Waals surface area (Å²) < 4.78 is 0. The normalized spacial score (nSPS) is 17.0. The number of rotatable bonds is 5. The van der Waals surface area contributed by atoms with Gasteiger partial charge < -0.3 is 10.8 Å². The van der Waals surface area contributed by atoms with E-state index in [1.807, 2.05) is 6.07 Å². The highest BCUT2D eigenvalue weighted by atomic mass is 16.4. The molecule has 0 spiro atoms. The summed E-state index contributed by atoms with van der Waals surface area (Å²) in [6.07, 6.45) is 2.35. The topological polar surface area (TPSA) is 96.5 Å². The average molecular weight is 277 g/mol. The van der Waals surface area contributed by atoms with Gasteiger partial charge in [0.1, 0.15) is 5.69 Å². The Morgan fingerprint density at radius 3 is 2.65 bits per heavy atom. The van der Waals surface area contributed by atoms with Crippen LogP contribution in [0.3, 0.4) is 0 Å². The molecule has 2 heterocycles. The molecule has 0 saturated carbocycles. The van der Waals surface area contributed by atoms with Crippen molar-refractivity contribution in [3.63, 3.8) is 0 Å². The molecule has 1 aliphatic rings. The summed E-state index contributed by atoms with van der Waals surface area (Å²) in [5, 5.41) is 8.91. The second kappa shape index (κ2) is 6.47. The van der Waals surface area contributed by atoms with Crippen LogP contribution >= 0.6 is 0 Å². The molecule has 1 fully saturated rings. The summed E-state index contributed by atoms with van der Waals surface area (Å²) in [6.45, 7) is 2.41. The fraction of sp³-hybridized carbons (Fsp3) is 0.500. The molecule has 0 aromatic carbocycles. The van der Waals surface area contributed by atoms with Crippen molar-refractivity contribution in [1.29, 1.82) is 0 Å². The smallest absolute Gasteiger partial charge is 0.354 e. The first-order chi connectivity index (χ1) is 9.54. The number of carbonyl (C=O) groups is 2. The number of amides is 1. The van der Waals surface area contributed by atoms with Crippen LogP contribution in [0.5, 0.6) is 0 Å². The number of primary amides is 1. The Labute approximate surface area is 117 Å². The third-order valence-electron chi connectivity index (χ3n) is 3.61. The lowest BCUT2D eigenvalue weighted by molar-refractivity contribution is -0.119. The van der Waals surface area contributed by atoms with Gasteiger partial charge in [0, 0.05) is 13.0 Å². The van der Waals surface area contributed by atoms with Gasteiger partial charge in [-0.25, -0.2) is 9.78 Å². The number of hydrogen-bond acceptors (Lipinski definition) is 4. The van der Waals surface area contributed by atoms with Gasteiger partial charge >= 0.3 is 5.97 Å². The molecule has 0 radical (unpaired) electrons. The average Bonchev–Trinajstić information content (AvgIpc) is 2.41. The zero-order valence-corrected chi connectivity index (χ0v) is 11.3. The molecule has 1 aliphatic heterocycles. The van der Waals surface area contributed by atoms with E-state index in [4.69, 9.17) is 10.8 Å². The van der Waals surface area contributed by atoms with Gasteiger partial charge in [-0.05, 0) is 44.0 Å². The van der Waals surface area contributed by atoms with Crippen LogP contribution in [-0.4, -0.2) is 40.0 Å². The second-order valence-electron chi connectivity index (χ2n) is 5.21. The number of carbonyl (C=O) groups excluding carboxylic acids is 1. The molecule has 0 unspecified atom stereocenters. The van der Waals surface area contributed by atoms with Gasteiger partial charge in [0.05, 0.1) is 5.69 Å². The molecule has 2 rings (SSSR count). The number of carboxylic acids is 1. The van der Waals surface area contributed by atoms with Gasteiger partial charge in [-0.1, -0.05) is 6.07 Å². The maximum absolute atomic E-state index is 10.9. The van der Waals surface area contributed by atoms with E-state index in [2.05, 4.69) is 9.88 Å². The quantitative estimate of drug-likeness (QED) is 0.832. The van der Waals surface area contributed by atoms with Crippen LogP contribution in [0.4, 0.5) is 0 Å². The number of piperidine rings is 1. The van der Waals surface area contributed by atoms with Crippen molar-refractivity contribution in [1.82, 2.24) is 9.88 Å². The van der Waals surface area contributed by atoms with Crippen molar-refractivity contribution >= 4 is 11.9 Å². The van der Waals surface area contributed by atoms with Gasteiger partial charge in [0.2, 0.25) is 5.91 Å². The molecule has 6 nitrogen and oxygen atoms in total. The Balaban J connectivity index is 1.88. The SMILES string of the molecule is NC(=O)CC1CCN(Cc2cccc(C(=O)O)n2)CC1. The van der Waals surface area contributed by atoms with E-state index in [1.54, 1.807) is 6.07 Å². The number of aromatic carboxylic acids is 1. The Kier molecular flexibility index (Phi) is 4.68. The number of hydrogen-bond donors (Lipinski definition) is 2. The third kappa shape index (κ3) is 4.03. The number of pyridine rings is 1. The minimum atomic E-state index is -1.01. The summed E-state index contributed by atoms with van der Waals surface area (Å²) in [5.74, 6) is -0.867. The van der Waals surface area contributed by atoms with E-state index in [0.717, 1.165) is 31.6 Å². The Morgan fingerprint density at radius 1 is 1.35 bits per heavy atom. The molecule has 108 valence electrons. The lowest BCUT2D eigenvalue weighted by atomic mass is 9.93. The summed E-state index contributed by atoms with van der Waals surface area (Å²) >= 11 is 0. The highest BCUT2D eigenvalue weighted by Crippen LogP contribution is 2.21. The molecule has 1 aromatic rings. The van der Waals surface area contributed by atoms with Crippen LogP contribution in [0.15, 0.2) is 18.2 Å². The molecule has 1 amide bonds. The summed E-state index contributed by atoms with van der Waals surface area (Å²) in [4.78, 5) is 28.1. The van der Waals surface area contributed by atoms with E-state index < -0.39 is 5.97 Å². The number of carboxylic acid groups (broad SMARTS) is 1. The maximum Gasteiger partial charge on any atom is 0.354 e. The molecular weight excluding hydrogens is 258 g/mol. The predicted octanol–water partition coefficient (Wildman–Crippen LogP) is 0.867. The molecule has 1 aromatic heterocycles. The van der Waals surface area contributed by atoms with E-state index >= 15 is 0 Å². The molecule has 0 bridgehead atoms. The van der Waals surface area contributed by atoms with Gasteiger partial charge in [-0.3, -0.25) is 9.69 Å². The first-order valence-corrected chi connectivity index (χ1v) is 6.74. The number of nitrogens with two attached hydrogens (primary N) is 1. The minimum absolute atomic E-state index is 0.0751. The number of aromatic nitrogens is 1. The van der Waals surface area contributed by atoms with Gasteiger partial charge in [-0.15, -0.1) is 0 Å². The molecular formula is C14H19N3O3. The maximum atomic E-state index is 10.9. The van der Waals surface area contributed by atoms with Crippen molar-refractivity contribution in [3.8, 4) is 0 Å². The highest BCUT2D eigenvalue weighted by Gasteiger charge is 2.21. The van der Waals surface area contributed by atoms with Crippen LogP contribution in [0, 0.1) is 5.92 Å². The van der Waals surface area contributed by atoms with Crippen LogP contribution in [0.2, 0.25) is 0 Å². The van der Waals surface area contributed by atoms with Crippen molar-refractivity contribution in [2.24, 2.45) is 11.7 Å². The first-order valence-electron chi connectivity index (χ1n) is 6.74. The Hall–Kier alpha value is -1.95. The minimum Gasteiger partial charge on any atom is -0.477 e. The van der Waals surface area contributed by atoms with Crippen LogP contribution in [-0.2, 0) is 11.3 Å². The lowest BCUT2D eigenvalue weighted by Gasteiger charge is -2.31. The zero-order chi connectivity index (χ0) is 14.5. The molecule has 1 saturated heterocycles. The predicted molar refractivity (Wildman–Crippen MR) is 73.0 cm³/mol. The largest absolute Gasteiger partial charge is 0.477 e. The molecule has 0 aliphatic carbocycles. The van der Waals surface area contributed by atoms with Gasteiger partial charge in [-0.2, -0.15) is 0 Å². The first kappa shape index (κ1) is 14.5. The van der Waals surface area contributed by atoms with Crippen molar-refractivity contribution in [2.75, 3.05) is 13.1 Å². The van der Waals surface area contributed by atoms with Crippen molar-refractivity contribution in [3.05, 3.63) is 29.6 Å². The van der Waals surface area contributed by atoms with Crippen LogP contribution in [0.25, 0.3) is 0 Å². The summed E-state index contributed by atoms with van der Waals surface area (Å²) in [6, 6.07) is 5.04. The number of nitrogens with zero attached hydrogens (tertiary/aromatic N) is 2. The molecule has 0 atom stereocenters. The Morgan fingerprint density at radius 2 is 2.05 bits per heavy atom. The van der Waals surface area contributed by atoms with Crippen LogP contribution in [0.1, 0.15) is 35.4 Å². The van der Waals surface area contributed by atoms with Crippen LogP contribution < -0.4 is 5.73 Å². The highest BCUT2D eigenvalue weighted by molar-refractivity contribution is 5.85. The van der Waals surface area contributed by atoms with E-state index in [1.165, 1.54) is 6.07 Å². The molecule has 20 heavy (non-hydrogen) atoms. The molecule has 3 N–H and O–H groups in total. The Bertz CT molecular complexity index is 496. The number of likely N-dealkylation sites (tertiary alicyclic amines) is 1.